The van der Waals surface area contributed by atoms with Gasteiger partial charge in [0.2, 0.25) is 0 Å². The molecule has 0 saturated heterocycles. The molecule has 0 spiro atoms. The van der Waals surface area contributed by atoms with Gasteiger partial charge in [-0.1, -0.05) is 0 Å². The zero-order chi connectivity index (χ0) is 11.0. The summed E-state index contributed by atoms with van der Waals surface area (Å²) >= 11 is 0. The van der Waals surface area contributed by atoms with Crippen molar-refractivity contribution in [1.82, 2.24) is 0 Å². The highest BCUT2D eigenvalue weighted by Crippen LogP contribution is 1.91. The maximum Gasteiger partial charge on any atom is 0.313 e. The van der Waals surface area contributed by atoms with Crippen molar-refractivity contribution in [1.29, 1.82) is 0 Å². The van der Waals surface area contributed by atoms with Gasteiger partial charge in [0.05, 0.1) is 13.2 Å². The van der Waals surface area contributed by atoms with Gasteiger partial charge in [0, 0.05) is 6.42 Å². The van der Waals surface area contributed by atoms with Crippen LogP contribution in [0.4, 0.5) is 0 Å². The minimum absolute atomic E-state index is 0.0138. The summed E-state index contributed by atoms with van der Waals surface area (Å²) in [6.07, 6.45) is -0.0410. The lowest BCUT2D eigenvalue weighted by atomic mass is 10.3. The summed E-state index contributed by atoms with van der Waals surface area (Å²) in [5.74, 6) is -0.907. The van der Waals surface area contributed by atoms with Crippen LogP contribution in [-0.4, -0.2) is 30.1 Å². The first-order valence-electron chi connectivity index (χ1n) is 3.94. The Morgan fingerprint density at radius 3 is 2.50 bits per heavy atom. The van der Waals surface area contributed by atoms with Crippen LogP contribution in [0, 0.1) is 10.1 Å². The van der Waals surface area contributed by atoms with Crippen molar-refractivity contribution in [2.75, 3.05) is 13.2 Å². The quantitative estimate of drug-likeness (QED) is 0.192. The van der Waals surface area contributed by atoms with Crippen LogP contribution in [-0.2, 0) is 19.2 Å². The normalized spacial score (nSPS) is 9.21. The van der Waals surface area contributed by atoms with E-state index in [1.807, 2.05) is 0 Å². The molecule has 0 saturated carbocycles. The van der Waals surface area contributed by atoms with E-state index in [0.717, 1.165) is 0 Å². The topological polar surface area (TPSA) is 95.7 Å². The standard InChI is InChI=1S/C7H11NO6/c1-6(9)5-7(10)13-3-2-4-14-8(11)12/h2-5H2,1H3. The molecule has 0 bridgehead atoms. The van der Waals surface area contributed by atoms with E-state index in [2.05, 4.69) is 9.57 Å². The molecule has 0 radical (unpaired) electrons. The minimum Gasteiger partial charge on any atom is -0.465 e. The molecule has 0 aliphatic rings. The molecule has 14 heavy (non-hydrogen) atoms. The van der Waals surface area contributed by atoms with Crippen molar-refractivity contribution in [3.63, 3.8) is 0 Å². The first kappa shape index (κ1) is 12.3. The predicted octanol–water partition coefficient (Wildman–Crippen LogP) is 0.107. The minimum atomic E-state index is -0.919. The Bertz CT molecular complexity index is 226. The fraction of sp³-hybridized carbons (Fsp3) is 0.714. The lowest BCUT2D eigenvalue weighted by Crippen LogP contribution is -2.11. The maximum atomic E-state index is 10.7. The summed E-state index contributed by atoms with van der Waals surface area (Å²) in [7, 11) is 0. The molecule has 0 rings (SSSR count). The van der Waals surface area contributed by atoms with E-state index in [-0.39, 0.29) is 31.8 Å². The second-order valence-electron chi connectivity index (χ2n) is 2.51. The number of nitrogens with zero attached hydrogens (tertiary/aromatic N) is 1. The highest BCUT2D eigenvalue weighted by Gasteiger charge is 2.05. The number of ether oxygens (including phenoxy) is 1. The van der Waals surface area contributed by atoms with Gasteiger partial charge in [-0.25, -0.2) is 0 Å². The molecule has 0 unspecified atom stereocenters. The van der Waals surface area contributed by atoms with Gasteiger partial charge in [0.1, 0.15) is 12.2 Å². The number of hydrogen-bond acceptors (Lipinski definition) is 6. The smallest absolute Gasteiger partial charge is 0.313 e. The summed E-state index contributed by atoms with van der Waals surface area (Å²) in [6, 6.07) is 0. The molecule has 7 heteroatoms. The van der Waals surface area contributed by atoms with E-state index in [4.69, 9.17) is 0 Å². The fourth-order valence-electron chi connectivity index (χ4n) is 0.638. The van der Waals surface area contributed by atoms with Crippen LogP contribution in [0.1, 0.15) is 19.8 Å². The number of ketones is 1. The molecule has 0 aliphatic heterocycles. The van der Waals surface area contributed by atoms with Gasteiger partial charge in [-0.3, -0.25) is 9.59 Å². The Balaban J connectivity index is 3.32. The van der Waals surface area contributed by atoms with Crippen LogP contribution in [0.3, 0.4) is 0 Å². The Labute approximate surface area is 80.1 Å². The maximum absolute atomic E-state index is 10.7. The van der Waals surface area contributed by atoms with Gasteiger partial charge in [-0.15, -0.1) is 10.1 Å². The highest BCUT2D eigenvalue weighted by atomic mass is 16.9. The van der Waals surface area contributed by atoms with Crippen molar-refractivity contribution in [2.24, 2.45) is 0 Å². The van der Waals surface area contributed by atoms with Gasteiger partial charge in [-0.05, 0) is 6.92 Å². The summed E-state index contributed by atoms with van der Waals surface area (Å²) < 4.78 is 4.57. The third-order valence-corrected chi connectivity index (χ3v) is 1.14. The summed E-state index contributed by atoms with van der Waals surface area (Å²) in [4.78, 5) is 34.8. The van der Waals surface area contributed by atoms with E-state index in [9.17, 15) is 19.7 Å². The first-order valence-corrected chi connectivity index (χ1v) is 3.94. The number of carbonyl (C=O) groups excluding carboxylic acids is 2. The van der Waals surface area contributed by atoms with Gasteiger partial charge < -0.3 is 9.57 Å². The SMILES string of the molecule is CC(=O)CC(=O)OCCCO[N+](=O)[O-]. The predicted molar refractivity (Wildman–Crippen MR) is 43.8 cm³/mol. The number of esters is 1. The number of carbonyl (C=O) groups is 2. The van der Waals surface area contributed by atoms with Gasteiger partial charge >= 0.3 is 5.97 Å². The molecule has 0 aromatic heterocycles. The molecule has 0 aliphatic carbocycles. The Hall–Kier alpha value is -1.66. The summed E-state index contributed by atoms with van der Waals surface area (Å²) in [5, 5.41) is 8.75. The van der Waals surface area contributed by atoms with Gasteiger partial charge in [0.15, 0.2) is 0 Å². The molecule has 0 aromatic carbocycles. The number of hydrogen-bond donors (Lipinski definition) is 0. The number of rotatable bonds is 7. The van der Waals surface area contributed by atoms with Crippen LogP contribution < -0.4 is 0 Å². The lowest BCUT2D eigenvalue weighted by molar-refractivity contribution is -0.757. The van der Waals surface area contributed by atoms with Crippen molar-refractivity contribution >= 4 is 11.8 Å². The molecule has 80 valence electrons. The lowest BCUT2D eigenvalue weighted by Gasteiger charge is -2.02. The highest BCUT2D eigenvalue weighted by molar-refractivity contribution is 5.94. The average Bonchev–Trinajstić information content (AvgIpc) is 2.01. The number of Topliss-reactive ketones (excluding diaryl/α,β-unsaturated/α-hetero) is 1. The zero-order valence-electron chi connectivity index (χ0n) is 7.73. The Morgan fingerprint density at radius 1 is 1.36 bits per heavy atom. The molecule has 0 atom stereocenters. The monoisotopic (exact) mass is 205 g/mol. The summed E-state index contributed by atoms with van der Waals surface area (Å²) in [5.41, 5.74) is 0. The van der Waals surface area contributed by atoms with E-state index < -0.39 is 11.1 Å². The molecule has 0 fully saturated rings. The Morgan fingerprint density at radius 2 is 2.00 bits per heavy atom. The molecule has 7 nitrogen and oxygen atoms in total. The van der Waals surface area contributed by atoms with E-state index >= 15 is 0 Å². The van der Waals surface area contributed by atoms with Gasteiger partial charge in [-0.2, -0.15) is 0 Å². The van der Waals surface area contributed by atoms with Crippen LogP contribution in [0.2, 0.25) is 0 Å². The molecule has 0 aromatic rings. The van der Waals surface area contributed by atoms with E-state index in [1.54, 1.807) is 0 Å². The molecule has 0 amide bonds. The van der Waals surface area contributed by atoms with E-state index in [0.29, 0.717) is 0 Å². The van der Waals surface area contributed by atoms with Crippen LogP contribution in [0.5, 0.6) is 0 Å². The van der Waals surface area contributed by atoms with Crippen molar-refractivity contribution in [2.45, 2.75) is 19.8 Å². The first-order chi connectivity index (χ1) is 6.52. The van der Waals surface area contributed by atoms with Crippen molar-refractivity contribution in [3.8, 4) is 0 Å². The fourth-order valence-corrected chi connectivity index (χ4v) is 0.638. The second kappa shape index (κ2) is 6.81. The summed E-state index contributed by atoms with van der Waals surface area (Å²) in [6.45, 7) is 1.16. The molecule has 0 heterocycles. The van der Waals surface area contributed by atoms with Crippen molar-refractivity contribution in [3.05, 3.63) is 10.1 Å². The average molecular weight is 205 g/mol. The third kappa shape index (κ3) is 8.44. The van der Waals surface area contributed by atoms with Crippen LogP contribution in [0.25, 0.3) is 0 Å². The molecular weight excluding hydrogens is 194 g/mol. The molecule has 0 N–H and O–H groups in total. The van der Waals surface area contributed by atoms with Crippen molar-refractivity contribution < 1.29 is 24.3 Å². The van der Waals surface area contributed by atoms with Crippen LogP contribution >= 0.6 is 0 Å². The second-order valence-corrected chi connectivity index (χ2v) is 2.51. The van der Waals surface area contributed by atoms with Crippen LogP contribution in [0.15, 0.2) is 0 Å². The third-order valence-electron chi connectivity index (χ3n) is 1.14. The van der Waals surface area contributed by atoms with Gasteiger partial charge in [0.25, 0.3) is 5.09 Å². The zero-order valence-corrected chi connectivity index (χ0v) is 7.73. The largest absolute Gasteiger partial charge is 0.465 e. The van der Waals surface area contributed by atoms with E-state index in [1.165, 1.54) is 6.92 Å². The Kier molecular flexibility index (Phi) is 6.01. The molecular formula is C7H11NO6.